The van der Waals surface area contributed by atoms with Crippen LogP contribution in [0.3, 0.4) is 0 Å². The third kappa shape index (κ3) is 4.36. The summed E-state index contributed by atoms with van der Waals surface area (Å²) < 4.78 is 0. The third-order valence-electron chi connectivity index (χ3n) is 5.98. The molecular weight excluding hydrogens is 358 g/mol. The molecule has 1 N–H and O–H groups in total. The minimum atomic E-state index is 0.633. The van der Waals surface area contributed by atoms with Crippen LogP contribution in [0.2, 0.25) is 5.15 Å². The lowest BCUT2D eigenvalue weighted by Crippen LogP contribution is -2.35. The Kier molecular flexibility index (Phi) is 5.81. The van der Waals surface area contributed by atoms with E-state index in [1.54, 1.807) is 0 Å². The van der Waals surface area contributed by atoms with Crippen molar-refractivity contribution in [1.82, 2.24) is 24.8 Å². The number of unbranched alkanes of at least 4 members (excludes halogenated alkanes) is 1. The van der Waals surface area contributed by atoms with E-state index in [1.807, 2.05) is 0 Å². The van der Waals surface area contributed by atoms with E-state index in [0.717, 1.165) is 62.2 Å². The average Bonchev–Trinajstić information content (AvgIpc) is 3.30. The summed E-state index contributed by atoms with van der Waals surface area (Å²) in [6, 6.07) is 6.96. The summed E-state index contributed by atoms with van der Waals surface area (Å²) in [7, 11) is 0. The number of fused-ring (bicyclic) bond motifs is 1. The molecule has 0 spiro atoms. The number of likely N-dealkylation sites (tertiary alicyclic amines) is 2. The van der Waals surface area contributed by atoms with Crippen molar-refractivity contribution in [2.75, 3.05) is 19.6 Å². The molecule has 6 heteroatoms. The lowest BCUT2D eigenvalue weighted by Gasteiger charge is -2.24. The van der Waals surface area contributed by atoms with Gasteiger partial charge in [0.15, 0.2) is 5.15 Å². The van der Waals surface area contributed by atoms with Gasteiger partial charge in [0.05, 0.1) is 11.4 Å². The molecule has 5 nitrogen and oxygen atoms in total. The number of H-pyrrole nitrogens is 1. The summed E-state index contributed by atoms with van der Waals surface area (Å²) in [6.07, 6.45) is 4.60. The molecule has 2 aliphatic heterocycles. The normalized spacial score (nSPS) is 23.2. The molecule has 4 heterocycles. The molecule has 2 atom stereocenters. The smallest absolute Gasteiger partial charge is 0.151 e. The number of imidazole rings is 1. The number of hydrogen-bond acceptors (Lipinski definition) is 4. The van der Waals surface area contributed by atoms with Crippen LogP contribution in [0.1, 0.15) is 49.1 Å². The highest BCUT2D eigenvalue weighted by molar-refractivity contribution is 6.30. The Morgan fingerprint density at radius 1 is 1.22 bits per heavy atom. The quantitative estimate of drug-likeness (QED) is 0.784. The second kappa shape index (κ2) is 8.29. The maximum atomic E-state index is 6.39. The molecule has 2 saturated heterocycles. The minimum absolute atomic E-state index is 0.633. The standard InChI is InChI=1S/C21H30ClN5/c1-3-4-8-20-24-18(21(22)25-20)13-26-11-16-9-10-27(19(16)14-26)12-17-7-5-6-15(2)23-17/h5-7,16,19H,3-4,8-14H2,1-2H3,(H,24,25)/t16-,19+/m1/s1. The van der Waals surface area contributed by atoms with E-state index in [-0.39, 0.29) is 0 Å². The van der Waals surface area contributed by atoms with Crippen LogP contribution in [0, 0.1) is 12.8 Å². The van der Waals surface area contributed by atoms with Gasteiger partial charge in [-0.2, -0.15) is 0 Å². The van der Waals surface area contributed by atoms with Crippen LogP contribution in [0.4, 0.5) is 0 Å². The summed E-state index contributed by atoms with van der Waals surface area (Å²) in [5.74, 6) is 1.79. The maximum absolute atomic E-state index is 6.39. The van der Waals surface area contributed by atoms with Gasteiger partial charge in [-0.25, -0.2) is 4.98 Å². The van der Waals surface area contributed by atoms with Gasteiger partial charge < -0.3 is 4.98 Å². The summed E-state index contributed by atoms with van der Waals surface area (Å²) in [6.45, 7) is 9.55. The average molecular weight is 388 g/mol. The number of aromatic amines is 1. The van der Waals surface area contributed by atoms with Crippen LogP contribution in [-0.4, -0.2) is 50.4 Å². The molecule has 0 bridgehead atoms. The van der Waals surface area contributed by atoms with E-state index in [0.29, 0.717) is 11.2 Å². The molecule has 0 amide bonds. The number of nitrogens with one attached hydrogen (secondary N) is 1. The fourth-order valence-electron chi connectivity index (χ4n) is 4.59. The largest absolute Gasteiger partial charge is 0.344 e. The van der Waals surface area contributed by atoms with Gasteiger partial charge in [0.2, 0.25) is 0 Å². The van der Waals surface area contributed by atoms with Crippen molar-refractivity contribution in [2.24, 2.45) is 5.92 Å². The molecule has 2 fully saturated rings. The van der Waals surface area contributed by atoms with Crippen LogP contribution in [0.15, 0.2) is 18.2 Å². The molecule has 0 radical (unpaired) electrons. The first-order valence-electron chi connectivity index (χ1n) is 10.2. The predicted octanol–water partition coefficient (Wildman–Crippen LogP) is 3.82. The highest BCUT2D eigenvalue weighted by Crippen LogP contribution is 2.33. The van der Waals surface area contributed by atoms with Crippen molar-refractivity contribution >= 4 is 11.6 Å². The Balaban J connectivity index is 1.36. The molecule has 2 aromatic rings. The van der Waals surface area contributed by atoms with Crippen molar-refractivity contribution in [3.8, 4) is 0 Å². The summed E-state index contributed by atoms with van der Waals surface area (Å²) >= 11 is 6.39. The van der Waals surface area contributed by atoms with Crippen molar-refractivity contribution in [3.63, 3.8) is 0 Å². The van der Waals surface area contributed by atoms with Gasteiger partial charge >= 0.3 is 0 Å². The molecule has 146 valence electrons. The Morgan fingerprint density at radius 2 is 2.11 bits per heavy atom. The second-order valence-electron chi connectivity index (χ2n) is 8.11. The highest BCUT2D eigenvalue weighted by Gasteiger charge is 2.41. The second-order valence-corrected chi connectivity index (χ2v) is 8.47. The van der Waals surface area contributed by atoms with Gasteiger partial charge in [0.1, 0.15) is 5.82 Å². The molecule has 2 aromatic heterocycles. The zero-order valence-electron chi connectivity index (χ0n) is 16.4. The topological polar surface area (TPSA) is 48.1 Å². The van der Waals surface area contributed by atoms with Crippen molar-refractivity contribution < 1.29 is 0 Å². The van der Waals surface area contributed by atoms with Crippen LogP contribution in [0.5, 0.6) is 0 Å². The van der Waals surface area contributed by atoms with Crippen molar-refractivity contribution in [1.29, 1.82) is 0 Å². The van der Waals surface area contributed by atoms with Crippen LogP contribution < -0.4 is 0 Å². The maximum Gasteiger partial charge on any atom is 0.151 e. The van der Waals surface area contributed by atoms with Crippen LogP contribution in [0.25, 0.3) is 0 Å². The van der Waals surface area contributed by atoms with E-state index in [4.69, 9.17) is 16.6 Å². The third-order valence-corrected chi connectivity index (χ3v) is 6.29. The number of rotatable bonds is 7. The summed E-state index contributed by atoms with van der Waals surface area (Å²) in [5, 5.41) is 0.652. The first-order chi connectivity index (χ1) is 13.1. The Morgan fingerprint density at radius 3 is 2.93 bits per heavy atom. The fourth-order valence-corrected chi connectivity index (χ4v) is 4.80. The molecule has 2 aliphatic rings. The molecule has 0 saturated carbocycles. The van der Waals surface area contributed by atoms with E-state index >= 15 is 0 Å². The lowest BCUT2D eigenvalue weighted by atomic mass is 10.1. The van der Waals surface area contributed by atoms with Gasteiger partial charge in [-0.05, 0) is 44.4 Å². The van der Waals surface area contributed by atoms with E-state index in [9.17, 15) is 0 Å². The number of halogens is 1. The van der Waals surface area contributed by atoms with Crippen LogP contribution >= 0.6 is 11.6 Å². The van der Waals surface area contributed by atoms with Crippen molar-refractivity contribution in [2.45, 2.75) is 58.7 Å². The zero-order valence-corrected chi connectivity index (χ0v) is 17.2. The fraction of sp³-hybridized carbons (Fsp3) is 0.619. The Hall–Kier alpha value is -1.43. The molecular formula is C21H30ClN5. The van der Waals surface area contributed by atoms with E-state index in [2.05, 4.69) is 51.8 Å². The number of aryl methyl sites for hydroxylation is 2. The van der Waals surface area contributed by atoms with E-state index in [1.165, 1.54) is 25.1 Å². The molecule has 0 aromatic carbocycles. The number of pyridine rings is 1. The van der Waals surface area contributed by atoms with Gasteiger partial charge in [-0.1, -0.05) is 31.0 Å². The first kappa shape index (κ1) is 18.9. The molecule has 0 unspecified atom stereocenters. The summed E-state index contributed by atoms with van der Waals surface area (Å²) in [4.78, 5) is 17.8. The zero-order chi connectivity index (χ0) is 18.8. The predicted molar refractivity (Wildman–Crippen MR) is 109 cm³/mol. The lowest BCUT2D eigenvalue weighted by molar-refractivity contribution is 0.212. The number of hydrogen-bond donors (Lipinski definition) is 1. The molecule has 4 rings (SSSR count). The van der Waals surface area contributed by atoms with Gasteiger partial charge in [0, 0.05) is 44.3 Å². The summed E-state index contributed by atoms with van der Waals surface area (Å²) in [5.41, 5.74) is 3.37. The van der Waals surface area contributed by atoms with E-state index < -0.39 is 0 Å². The molecule has 0 aliphatic carbocycles. The monoisotopic (exact) mass is 387 g/mol. The van der Waals surface area contributed by atoms with Gasteiger partial charge in [-0.3, -0.25) is 14.8 Å². The van der Waals surface area contributed by atoms with Gasteiger partial charge in [0.25, 0.3) is 0 Å². The number of nitrogens with zero attached hydrogens (tertiary/aromatic N) is 4. The first-order valence-corrected chi connectivity index (χ1v) is 10.6. The SMILES string of the molecule is CCCCc1nc(Cl)c(CN2C[C@H]3CCN(Cc4cccc(C)n4)[C@H]3C2)[nH]1. The molecule has 27 heavy (non-hydrogen) atoms. The minimum Gasteiger partial charge on any atom is -0.344 e. The van der Waals surface area contributed by atoms with Crippen molar-refractivity contribution in [3.05, 3.63) is 46.3 Å². The Bertz CT molecular complexity index is 774. The van der Waals surface area contributed by atoms with Gasteiger partial charge in [-0.15, -0.1) is 0 Å². The van der Waals surface area contributed by atoms with Crippen LogP contribution in [-0.2, 0) is 19.5 Å². The Labute approximate surface area is 167 Å². The number of aromatic nitrogens is 3. The highest BCUT2D eigenvalue weighted by atomic mass is 35.5.